The van der Waals surface area contributed by atoms with E-state index in [0.29, 0.717) is 12.4 Å². The van der Waals surface area contributed by atoms with Crippen LogP contribution < -0.4 is 4.74 Å². The molecular weight excluding hydrogens is 296 g/mol. The highest BCUT2D eigenvalue weighted by Crippen LogP contribution is 2.46. The summed E-state index contributed by atoms with van der Waals surface area (Å²) < 4.78 is 10.1. The quantitative estimate of drug-likeness (QED) is 0.629. The molecule has 2 atom stereocenters. The number of Topliss-reactive ketones (excluding diaryl/α,β-unsaturated/α-hetero) is 1. The predicted molar refractivity (Wildman–Crippen MR) is 81.2 cm³/mol. The molecule has 1 fully saturated rings. The Balaban J connectivity index is 2.09. The van der Waals surface area contributed by atoms with Gasteiger partial charge in [-0.15, -0.1) is 23.5 Å². The Morgan fingerprint density at radius 3 is 2.65 bits per heavy atom. The van der Waals surface area contributed by atoms with Gasteiger partial charge in [0.05, 0.1) is 24.1 Å². The molecule has 0 amide bonds. The molecule has 0 saturated carbocycles. The van der Waals surface area contributed by atoms with E-state index in [1.807, 2.05) is 24.3 Å². The third-order valence-corrected chi connectivity index (χ3v) is 5.83. The zero-order valence-electron chi connectivity index (χ0n) is 11.3. The first-order chi connectivity index (χ1) is 9.65. The molecule has 20 heavy (non-hydrogen) atoms. The largest absolute Gasteiger partial charge is 0.497 e. The molecule has 1 aliphatic rings. The topological polar surface area (TPSA) is 52.6 Å². The monoisotopic (exact) mass is 312 g/mol. The van der Waals surface area contributed by atoms with E-state index in [2.05, 4.69) is 0 Å². The molecule has 1 aliphatic heterocycles. The molecule has 2 rings (SSSR count). The second-order valence-corrected chi connectivity index (χ2v) is 6.76. The second kappa shape index (κ2) is 7.04. The Kier molecular flexibility index (Phi) is 5.37. The van der Waals surface area contributed by atoms with Crippen LogP contribution in [-0.4, -0.2) is 36.5 Å². The van der Waals surface area contributed by atoms with Crippen molar-refractivity contribution in [1.82, 2.24) is 0 Å². The summed E-state index contributed by atoms with van der Waals surface area (Å²) in [6, 6.07) is 7.68. The van der Waals surface area contributed by atoms with Crippen LogP contribution in [0.3, 0.4) is 0 Å². The van der Waals surface area contributed by atoms with Crippen LogP contribution in [0.4, 0.5) is 0 Å². The van der Waals surface area contributed by atoms with Crippen LogP contribution >= 0.6 is 23.5 Å². The lowest BCUT2D eigenvalue weighted by atomic mass is 10.2. The van der Waals surface area contributed by atoms with E-state index in [-0.39, 0.29) is 10.4 Å². The van der Waals surface area contributed by atoms with Crippen molar-refractivity contribution >= 4 is 35.3 Å². The minimum absolute atomic E-state index is 0.0630. The molecule has 1 heterocycles. The maximum atomic E-state index is 11.8. The van der Waals surface area contributed by atoms with Gasteiger partial charge in [0.2, 0.25) is 0 Å². The number of carbonyl (C=O) groups is 2. The van der Waals surface area contributed by atoms with Crippen LogP contribution in [0, 0.1) is 0 Å². The van der Waals surface area contributed by atoms with E-state index in [4.69, 9.17) is 9.47 Å². The van der Waals surface area contributed by atoms with Crippen molar-refractivity contribution in [3.8, 4) is 5.75 Å². The minimum atomic E-state index is -0.705. The van der Waals surface area contributed by atoms with Gasteiger partial charge in [0.1, 0.15) is 5.75 Å². The predicted octanol–water partition coefficient (Wildman–Crippen LogP) is 2.67. The van der Waals surface area contributed by atoms with Crippen molar-refractivity contribution in [2.45, 2.75) is 16.8 Å². The van der Waals surface area contributed by atoms with E-state index in [0.717, 1.165) is 11.3 Å². The van der Waals surface area contributed by atoms with Gasteiger partial charge in [-0.25, -0.2) is 0 Å². The van der Waals surface area contributed by atoms with Gasteiger partial charge in [-0.2, -0.15) is 0 Å². The maximum Gasteiger partial charge on any atom is 0.326 e. The van der Waals surface area contributed by atoms with Crippen LogP contribution in [0.5, 0.6) is 5.75 Å². The fraction of sp³-hybridized carbons (Fsp3) is 0.429. The summed E-state index contributed by atoms with van der Waals surface area (Å²) >= 11 is 2.89. The van der Waals surface area contributed by atoms with Crippen molar-refractivity contribution in [3.05, 3.63) is 29.8 Å². The highest BCUT2D eigenvalue weighted by atomic mass is 32.2. The first kappa shape index (κ1) is 15.3. The Morgan fingerprint density at radius 1 is 1.35 bits per heavy atom. The summed E-state index contributed by atoms with van der Waals surface area (Å²) in [5.74, 6) is 0.634. The molecule has 0 spiro atoms. The summed E-state index contributed by atoms with van der Waals surface area (Å²) in [5.41, 5.74) is 1.07. The highest BCUT2D eigenvalue weighted by Gasteiger charge is 2.36. The number of benzene rings is 1. The molecule has 2 unspecified atom stereocenters. The van der Waals surface area contributed by atoms with Gasteiger partial charge in [0.25, 0.3) is 0 Å². The number of ether oxygens (including phenoxy) is 2. The van der Waals surface area contributed by atoms with Crippen molar-refractivity contribution in [2.75, 3.05) is 19.5 Å². The number of rotatable bonds is 4. The number of hydrogen-bond donors (Lipinski definition) is 0. The van der Waals surface area contributed by atoms with Crippen LogP contribution in [0.25, 0.3) is 0 Å². The molecule has 4 nitrogen and oxygen atoms in total. The molecule has 6 heteroatoms. The molecule has 1 aromatic rings. The molecule has 0 bridgehead atoms. The molecule has 0 aromatic heterocycles. The standard InChI is InChI=1S/C14H16O4S2/c1-3-18-13(16)12-11(15)8-19-14(20-12)9-4-6-10(17-2)7-5-9/h4-7,12,14H,3,8H2,1-2H3. The van der Waals surface area contributed by atoms with E-state index in [1.54, 1.807) is 25.8 Å². The first-order valence-corrected chi connectivity index (χ1v) is 8.25. The van der Waals surface area contributed by atoms with E-state index >= 15 is 0 Å². The smallest absolute Gasteiger partial charge is 0.326 e. The zero-order valence-corrected chi connectivity index (χ0v) is 13.0. The van der Waals surface area contributed by atoms with Gasteiger partial charge < -0.3 is 9.47 Å². The van der Waals surface area contributed by atoms with E-state index in [1.165, 1.54) is 11.8 Å². The lowest BCUT2D eigenvalue weighted by Gasteiger charge is -2.26. The van der Waals surface area contributed by atoms with Crippen molar-refractivity contribution in [2.24, 2.45) is 0 Å². The number of carbonyl (C=O) groups excluding carboxylic acids is 2. The summed E-state index contributed by atoms with van der Waals surface area (Å²) in [6.45, 7) is 2.04. The lowest BCUT2D eigenvalue weighted by Crippen LogP contribution is -2.33. The van der Waals surface area contributed by atoms with Crippen LogP contribution in [0.1, 0.15) is 17.1 Å². The number of ketones is 1. The average Bonchev–Trinajstić information content (AvgIpc) is 2.48. The highest BCUT2D eigenvalue weighted by molar-refractivity contribution is 8.18. The number of methoxy groups -OCH3 is 1. The first-order valence-electron chi connectivity index (χ1n) is 6.26. The molecule has 0 aliphatic carbocycles. The fourth-order valence-electron chi connectivity index (χ4n) is 1.81. The van der Waals surface area contributed by atoms with Gasteiger partial charge in [0, 0.05) is 0 Å². The Morgan fingerprint density at radius 2 is 2.05 bits per heavy atom. The third-order valence-electron chi connectivity index (χ3n) is 2.82. The van der Waals surface area contributed by atoms with Crippen molar-refractivity contribution in [3.63, 3.8) is 0 Å². The van der Waals surface area contributed by atoms with Crippen LogP contribution in [0.15, 0.2) is 24.3 Å². The Labute approximate surface area is 126 Å². The van der Waals surface area contributed by atoms with Crippen LogP contribution in [-0.2, 0) is 14.3 Å². The second-order valence-electron chi connectivity index (χ2n) is 4.15. The summed E-state index contributed by atoms with van der Waals surface area (Å²) in [7, 11) is 1.62. The summed E-state index contributed by atoms with van der Waals surface area (Å²) in [5, 5.41) is -0.705. The van der Waals surface area contributed by atoms with Crippen molar-refractivity contribution < 1.29 is 19.1 Å². The maximum absolute atomic E-state index is 11.8. The zero-order chi connectivity index (χ0) is 14.5. The molecule has 0 N–H and O–H groups in total. The van der Waals surface area contributed by atoms with Crippen molar-refractivity contribution in [1.29, 1.82) is 0 Å². The molecular formula is C14H16O4S2. The SMILES string of the molecule is CCOC(=O)C1SC(c2ccc(OC)cc2)SCC1=O. The average molecular weight is 312 g/mol. The van der Waals surface area contributed by atoms with Gasteiger partial charge in [-0.3, -0.25) is 9.59 Å². The molecule has 0 radical (unpaired) electrons. The van der Waals surface area contributed by atoms with E-state index in [9.17, 15) is 9.59 Å². The van der Waals surface area contributed by atoms with Crippen LogP contribution in [0.2, 0.25) is 0 Å². The fourth-order valence-corrected chi connectivity index (χ4v) is 4.58. The van der Waals surface area contributed by atoms with E-state index < -0.39 is 11.2 Å². The lowest BCUT2D eigenvalue weighted by molar-refractivity contribution is -0.144. The number of hydrogen-bond acceptors (Lipinski definition) is 6. The molecule has 108 valence electrons. The van der Waals surface area contributed by atoms with Gasteiger partial charge in [-0.1, -0.05) is 12.1 Å². The Hall–Kier alpha value is -1.14. The number of esters is 1. The minimum Gasteiger partial charge on any atom is -0.497 e. The third kappa shape index (κ3) is 3.49. The summed E-state index contributed by atoms with van der Waals surface area (Å²) in [6.07, 6.45) is 0. The van der Waals surface area contributed by atoms with Gasteiger partial charge in [0.15, 0.2) is 11.0 Å². The summed E-state index contributed by atoms with van der Waals surface area (Å²) in [4.78, 5) is 23.6. The normalized spacial score (nSPS) is 22.4. The van der Waals surface area contributed by atoms with Gasteiger partial charge in [-0.05, 0) is 24.6 Å². The molecule has 1 aromatic carbocycles. The number of thioether (sulfide) groups is 2. The molecule has 1 saturated heterocycles. The van der Waals surface area contributed by atoms with Gasteiger partial charge >= 0.3 is 5.97 Å². The Bertz CT molecular complexity index is 486.